The van der Waals surface area contributed by atoms with E-state index in [1.54, 1.807) is 0 Å². The Balaban J connectivity index is 1.05. The summed E-state index contributed by atoms with van der Waals surface area (Å²) in [5.41, 5.74) is 4.98. The van der Waals surface area contributed by atoms with Crippen LogP contribution >= 0.6 is 0 Å². The lowest BCUT2D eigenvalue weighted by molar-refractivity contribution is -0.697. The van der Waals surface area contributed by atoms with Gasteiger partial charge in [0.15, 0.2) is 24.8 Å². The quantitative estimate of drug-likeness (QED) is 0.217. The van der Waals surface area contributed by atoms with E-state index in [9.17, 15) is 0 Å². The van der Waals surface area contributed by atoms with Gasteiger partial charge in [-0.2, -0.15) is 0 Å². The molecule has 0 unspecified atom stereocenters. The van der Waals surface area contributed by atoms with Gasteiger partial charge in [-0.15, -0.1) is 0 Å². The summed E-state index contributed by atoms with van der Waals surface area (Å²) >= 11 is 0. The van der Waals surface area contributed by atoms with Crippen LogP contribution in [0.2, 0.25) is 0 Å². The predicted octanol–water partition coefficient (Wildman–Crippen LogP) is 5.46. The molecule has 2 aliphatic rings. The van der Waals surface area contributed by atoms with E-state index in [0.29, 0.717) is 12.1 Å². The van der Waals surface area contributed by atoms with Gasteiger partial charge in [-0.25, -0.2) is 9.13 Å². The van der Waals surface area contributed by atoms with Crippen molar-refractivity contribution in [3.8, 4) is 23.7 Å². The average molecular weight is 533 g/mol. The first-order chi connectivity index (χ1) is 19.7. The summed E-state index contributed by atoms with van der Waals surface area (Å²) in [4.78, 5) is 4.94. The number of rotatable bonds is 8. The monoisotopic (exact) mass is 532 g/mol. The number of hydrogen-bond donors (Lipinski definition) is 0. The van der Waals surface area contributed by atoms with Crippen molar-refractivity contribution < 1.29 is 9.13 Å². The maximum atomic E-state index is 3.37. The zero-order valence-electron chi connectivity index (χ0n) is 24.4. The lowest BCUT2D eigenvalue weighted by Crippen LogP contribution is -2.34. The first-order valence-electron chi connectivity index (χ1n) is 15.1. The number of pyridine rings is 2. The van der Waals surface area contributed by atoms with Gasteiger partial charge >= 0.3 is 0 Å². The number of benzene rings is 1. The molecule has 5 rings (SSSR count). The van der Waals surface area contributed by atoms with Crippen molar-refractivity contribution in [2.24, 2.45) is 0 Å². The molecule has 0 aliphatic carbocycles. The second-order valence-electron chi connectivity index (χ2n) is 11.4. The van der Waals surface area contributed by atoms with E-state index in [-0.39, 0.29) is 0 Å². The fourth-order valence-corrected chi connectivity index (χ4v) is 6.12. The third kappa shape index (κ3) is 7.82. The van der Waals surface area contributed by atoms with E-state index in [0.717, 1.165) is 49.9 Å². The molecule has 0 radical (unpaired) electrons. The second-order valence-corrected chi connectivity index (χ2v) is 11.4. The van der Waals surface area contributed by atoms with Crippen LogP contribution in [-0.4, -0.2) is 37.0 Å². The molecule has 4 nitrogen and oxygen atoms in total. The predicted molar refractivity (Wildman–Crippen MR) is 161 cm³/mol. The lowest BCUT2D eigenvalue weighted by atomic mass is 10.1. The van der Waals surface area contributed by atoms with Crippen molar-refractivity contribution in [2.75, 3.05) is 27.2 Å². The second kappa shape index (κ2) is 14.3. The molecule has 0 spiro atoms. The highest BCUT2D eigenvalue weighted by atomic mass is 15.2. The van der Waals surface area contributed by atoms with Gasteiger partial charge < -0.3 is 0 Å². The fraction of sp³-hybridized carbons (Fsp3) is 0.444. The third-order valence-electron chi connectivity index (χ3n) is 8.34. The van der Waals surface area contributed by atoms with Gasteiger partial charge in [0, 0.05) is 72.2 Å². The minimum atomic E-state index is 0.572. The number of aromatic nitrogens is 2. The molecule has 0 bridgehead atoms. The molecule has 1 aromatic carbocycles. The fourth-order valence-electron chi connectivity index (χ4n) is 6.12. The SMILES string of the molecule is CN1CCC[C@@H]1c1ccc[n+](CCCC#Cc2cccc(C#CCCC[n+]3cccc([C@H]4CCCN4C)c3)c2)c1. The molecule has 2 saturated heterocycles. The van der Waals surface area contributed by atoms with Crippen LogP contribution in [0.4, 0.5) is 0 Å². The lowest BCUT2D eigenvalue weighted by Gasteiger charge is -2.18. The molecular weight excluding hydrogens is 488 g/mol. The maximum absolute atomic E-state index is 3.37. The van der Waals surface area contributed by atoms with Crippen LogP contribution in [0, 0.1) is 23.7 Å². The molecule has 4 heterocycles. The molecular formula is C36H44N4+2. The molecule has 2 aromatic heterocycles. The van der Waals surface area contributed by atoms with Gasteiger partial charge in [-0.3, -0.25) is 9.80 Å². The number of likely N-dealkylation sites (tertiary alicyclic amines) is 2. The van der Waals surface area contributed by atoms with Gasteiger partial charge in [0.25, 0.3) is 0 Å². The Morgan fingerprint density at radius 1 is 0.700 bits per heavy atom. The normalized spacial score (nSPS) is 19.1. The van der Waals surface area contributed by atoms with Gasteiger partial charge in [-0.05, 0) is 83.2 Å². The maximum Gasteiger partial charge on any atom is 0.173 e. The van der Waals surface area contributed by atoms with Crippen molar-refractivity contribution in [3.05, 3.63) is 95.6 Å². The van der Waals surface area contributed by atoms with Gasteiger partial charge in [0.2, 0.25) is 0 Å². The largest absolute Gasteiger partial charge is 0.299 e. The highest BCUT2D eigenvalue weighted by Gasteiger charge is 2.25. The molecule has 2 aliphatic heterocycles. The van der Waals surface area contributed by atoms with Crippen LogP contribution in [0.1, 0.15) is 85.7 Å². The van der Waals surface area contributed by atoms with Crippen LogP contribution in [0.25, 0.3) is 0 Å². The van der Waals surface area contributed by atoms with Crippen LogP contribution in [0.5, 0.6) is 0 Å². The van der Waals surface area contributed by atoms with Crippen molar-refractivity contribution in [1.29, 1.82) is 0 Å². The molecule has 2 fully saturated rings. The highest BCUT2D eigenvalue weighted by molar-refractivity contribution is 5.43. The summed E-state index contributed by atoms with van der Waals surface area (Å²) in [6.45, 7) is 4.42. The van der Waals surface area contributed by atoms with Gasteiger partial charge in [-0.1, -0.05) is 29.7 Å². The Labute approximate surface area is 241 Å². The summed E-state index contributed by atoms with van der Waals surface area (Å²) < 4.78 is 4.64. The highest BCUT2D eigenvalue weighted by Crippen LogP contribution is 2.30. The van der Waals surface area contributed by atoms with E-state index >= 15 is 0 Å². The Bertz CT molecular complexity index is 1290. The molecule has 206 valence electrons. The summed E-state index contributed by atoms with van der Waals surface area (Å²) in [6, 6.07) is 18.4. The van der Waals surface area contributed by atoms with E-state index in [1.165, 1.54) is 49.9 Å². The average Bonchev–Trinajstić information content (AvgIpc) is 3.61. The summed E-state index contributed by atoms with van der Waals surface area (Å²) in [6.07, 6.45) is 18.0. The minimum absolute atomic E-state index is 0.572. The number of hydrogen-bond acceptors (Lipinski definition) is 2. The van der Waals surface area contributed by atoms with E-state index in [2.05, 4.69) is 130 Å². The first kappa shape index (κ1) is 28.1. The summed E-state index contributed by atoms with van der Waals surface area (Å²) in [5.74, 6) is 13.4. The van der Waals surface area contributed by atoms with Crippen LogP contribution < -0.4 is 9.13 Å². The van der Waals surface area contributed by atoms with Crippen molar-refractivity contribution in [3.63, 3.8) is 0 Å². The minimum Gasteiger partial charge on any atom is -0.299 e. The summed E-state index contributed by atoms with van der Waals surface area (Å²) in [7, 11) is 4.47. The third-order valence-corrected chi connectivity index (χ3v) is 8.34. The Hall–Kier alpha value is -3.44. The van der Waals surface area contributed by atoms with Crippen LogP contribution in [0.15, 0.2) is 73.3 Å². The van der Waals surface area contributed by atoms with Gasteiger partial charge in [0.05, 0.1) is 0 Å². The number of unbranched alkanes of at least 4 members (excludes halogenated alkanes) is 2. The van der Waals surface area contributed by atoms with Crippen molar-refractivity contribution >= 4 is 0 Å². The number of aryl methyl sites for hydroxylation is 2. The van der Waals surface area contributed by atoms with E-state index < -0.39 is 0 Å². The molecule has 0 saturated carbocycles. The Kier molecular flexibility index (Phi) is 10.0. The number of nitrogens with zero attached hydrogens (tertiary/aromatic N) is 4. The van der Waals surface area contributed by atoms with E-state index in [4.69, 9.17) is 0 Å². The Morgan fingerprint density at radius 2 is 1.20 bits per heavy atom. The van der Waals surface area contributed by atoms with Crippen LogP contribution in [-0.2, 0) is 13.1 Å². The molecule has 0 N–H and O–H groups in total. The van der Waals surface area contributed by atoms with Gasteiger partial charge in [0.1, 0.15) is 13.1 Å². The standard InChI is InChI=1S/C36H44N4/c1-37-22-12-20-35(37)33-18-10-26-39(29-33)24-7-3-5-14-31-16-9-17-32(28-31)15-6-4-8-25-40-27-11-19-34(30-40)36-21-13-23-38(36)2/h9-11,16-19,26-30,35-36H,3-4,7-8,12-13,20-25H2,1-2H3/q+2/t35-,36-/m1/s1. The summed E-state index contributed by atoms with van der Waals surface area (Å²) in [5, 5.41) is 0. The molecule has 4 heteroatoms. The van der Waals surface area contributed by atoms with Crippen molar-refractivity contribution in [2.45, 2.75) is 76.5 Å². The topological polar surface area (TPSA) is 14.2 Å². The van der Waals surface area contributed by atoms with Crippen LogP contribution in [0.3, 0.4) is 0 Å². The molecule has 40 heavy (non-hydrogen) atoms. The first-order valence-corrected chi connectivity index (χ1v) is 15.1. The van der Waals surface area contributed by atoms with E-state index in [1.807, 2.05) is 0 Å². The zero-order valence-corrected chi connectivity index (χ0v) is 24.4. The van der Waals surface area contributed by atoms with Crippen molar-refractivity contribution in [1.82, 2.24) is 9.80 Å². The zero-order chi connectivity index (χ0) is 27.6. The molecule has 0 amide bonds. The molecule has 3 aromatic rings. The Morgan fingerprint density at radius 3 is 1.65 bits per heavy atom. The molecule has 2 atom stereocenters. The smallest absolute Gasteiger partial charge is 0.173 e.